The van der Waals surface area contributed by atoms with Crippen LogP contribution in [0, 0.1) is 29.5 Å². The van der Waals surface area contributed by atoms with Crippen molar-refractivity contribution in [3.63, 3.8) is 0 Å². The van der Waals surface area contributed by atoms with Crippen LogP contribution >= 0.6 is 0 Å². The maximum absolute atomic E-state index is 13.9. The van der Waals surface area contributed by atoms with E-state index in [2.05, 4.69) is 31.0 Å². The summed E-state index contributed by atoms with van der Waals surface area (Å²) in [6.07, 6.45) is 0.344. The molecule has 0 radical (unpaired) electrons. The summed E-state index contributed by atoms with van der Waals surface area (Å²) in [5, 5.41) is 11.4. The minimum Gasteiger partial charge on any atom is -0.395 e. The zero-order valence-electron chi connectivity index (χ0n) is 12.7. The minimum absolute atomic E-state index is 0.0238. The monoisotopic (exact) mass is 291 g/mol. The van der Waals surface area contributed by atoms with Crippen LogP contribution in [0.1, 0.15) is 43.1 Å². The number of hydrogen-bond acceptors (Lipinski definition) is 2. The van der Waals surface area contributed by atoms with Gasteiger partial charge in [-0.2, -0.15) is 0 Å². The topological polar surface area (TPSA) is 49.3 Å². The van der Waals surface area contributed by atoms with Gasteiger partial charge in [0, 0.05) is 18.5 Å². The Kier molecular flexibility index (Phi) is 6.90. The largest absolute Gasteiger partial charge is 0.395 e. The third kappa shape index (κ3) is 5.57. The average Bonchev–Trinajstić information content (AvgIpc) is 2.44. The molecule has 4 heteroatoms. The lowest BCUT2D eigenvalue weighted by atomic mass is 9.98. The molecule has 0 fully saturated rings. The number of aliphatic hydroxyl groups is 1. The molecule has 0 saturated heterocycles. The zero-order chi connectivity index (χ0) is 15.8. The van der Waals surface area contributed by atoms with Gasteiger partial charge in [0.1, 0.15) is 5.82 Å². The second-order valence-electron chi connectivity index (χ2n) is 5.40. The summed E-state index contributed by atoms with van der Waals surface area (Å²) >= 11 is 0. The summed E-state index contributed by atoms with van der Waals surface area (Å²) in [7, 11) is 0. The number of carbonyl (C=O) groups excluding carboxylic acids is 1. The number of hydrogen-bond donors (Lipinski definition) is 2. The van der Waals surface area contributed by atoms with Crippen molar-refractivity contribution in [2.45, 2.75) is 27.2 Å². The number of carbonyl (C=O) groups is 1. The van der Waals surface area contributed by atoms with E-state index < -0.39 is 11.7 Å². The first-order valence-corrected chi connectivity index (χ1v) is 7.13. The quantitative estimate of drug-likeness (QED) is 0.819. The Labute approximate surface area is 125 Å². The van der Waals surface area contributed by atoms with Gasteiger partial charge in [-0.3, -0.25) is 4.79 Å². The number of benzene rings is 1. The highest BCUT2D eigenvalue weighted by Gasteiger charge is 2.14. The van der Waals surface area contributed by atoms with E-state index in [-0.39, 0.29) is 12.2 Å². The molecule has 0 heterocycles. The second kappa shape index (κ2) is 8.43. The molecule has 0 saturated carbocycles. The van der Waals surface area contributed by atoms with Gasteiger partial charge in [-0.05, 0) is 30.0 Å². The van der Waals surface area contributed by atoms with E-state index in [9.17, 15) is 9.18 Å². The van der Waals surface area contributed by atoms with Crippen molar-refractivity contribution in [1.82, 2.24) is 5.32 Å². The van der Waals surface area contributed by atoms with Crippen LogP contribution in [0.3, 0.4) is 0 Å². The van der Waals surface area contributed by atoms with Crippen LogP contribution in [-0.4, -0.2) is 24.2 Å². The summed E-state index contributed by atoms with van der Waals surface area (Å²) in [5.74, 6) is 5.25. The van der Waals surface area contributed by atoms with Crippen LogP contribution in [0.2, 0.25) is 0 Å². The maximum atomic E-state index is 13.9. The Morgan fingerprint density at radius 3 is 2.67 bits per heavy atom. The van der Waals surface area contributed by atoms with Crippen LogP contribution in [-0.2, 0) is 0 Å². The third-order valence-electron chi connectivity index (χ3n) is 3.41. The van der Waals surface area contributed by atoms with Crippen LogP contribution in [0.15, 0.2) is 18.2 Å². The molecule has 1 atom stereocenters. The highest BCUT2D eigenvalue weighted by molar-refractivity contribution is 5.94. The van der Waals surface area contributed by atoms with Gasteiger partial charge in [0.15, 0.2) is 0 Å². The molecule has 21 heavy (non-hydrogen) atoms. The Morgan fingerprint density at radius 2 is 2.10 bits per heavy atom. The van der Waals surface area contributed by atoms with Gasteiger partial charge < -0.3 is 10.4 Å². The highest BCUT2D eigenvalue weighted by Crippen LogP contribution is 2.11. The Bertz CT molecular complexity index is 543. The fourth-order valence-electron chi connectivity index (χ4n) is 1.58. The second-order valence-corrected chi connectivity index (χ2v) is 5.40. The number of aliphatic hydroxyl groups excluding tert-OH is 1. The van der Waals surface area contributed by atoms with Gasteiger partial charge >= 0.3 is 0 Å². The van der Waals surface area contributed by atoms with Crippen molar-refractivity contribution in [2.24, 2.45) is 11.8 Å². The Morgan fingerprint density at radius 1 is 1.38 bits per heavy atom. The third-order valence-corrected chi connectivity index (χ3v) is 3.41. The maximum Gasteiger partial charge on any atom is 0.254 e. The first-order chi connectivity index (χ1) is 9.95. The molecule has 0 aromatic heterocycles. The molecule has 1 amide bonds. The van der Waals surface area contributed by atoms with Crippen molar-refractivity contribution >= 4 is 5.91 Å². The molecule has 0 bridgehead atoms. The summed E-state index contributed by atoms with van der Waals surface area (Å²) in [4.78, 5) is 11.9. The molecule has 2 N–H and O–H groups in total. The summed E-state index contributed by atoms with van der Waals surface area (Å²) in [5.41, 5.74) is 0.520. The van der Waals surface area contributed by atoms with E-state index in [1.54, 1.807) is 6.07 Å². The van der Waals surface area contributed by atoms with E-state index in [0.29, 0.717) is 30.4 Å². The molecule has 1 aromatic rings. The van der Waals surface area contributed by atoms with E-state index in [0.717, 1.165) is 0 Å². The predicted molar refractivity (Wildman–Crippen MR) is 81.3 cm³/mol. The Hall–Kier alpha value is -1.86. The fraction of sp³-hybridized carbons (Fsp3) is 0.471. The highest BCUT2D eigenvalue weighted by atomic mass is 19.1. The molecule has 1 aromatic carbocycles. The lowest BCUT2D eigenvalue weighted by Gasteiger charge is -2.16. The predicted octanol–water partition coefficient (Wildman–Crippen LogP) is 2.58. The molecule has 0 aliphatic rings. The van der Waals surface area contributed by atoms with Gasteiger partial charge in [0.2, 0.25) is 0 Å². The molecule has 0 aliphatic carbocycles. The van der Waals surface area contributed by atoms with Crippen molar-refractivity contribution in [2.75, 3.05) is 13.2 Å². The molecule has 0 spiro atoms. The van der Waals surface area contributed by atoms with Gasteiger partial charge in [-0.15, -0.1) is 0 Å². The van der Waals surface area contributed by atoms with Gasteiger partial charge in [-0.1, -0.05) is 32.6 Å². The van der Waals surface area contributed by atoms with E-state index in [1.807, 2.05) is 6.92 Å². The van der Waals surface area contributed by atoms with Crippen molar-refractivity contribution in [1.29, 1.82) is 0 Å². The number of nitrogens with one attached hydrogen (secondary N) is 1. The molecule has 114 valence electrons. The number of halogens is 1. The molecule has 1 rings (SSSR count). The fourth-order valence-corrected chi connectivity index (χ4v) is 1.58. The molecule has 3 nitrogen and oxygen atoms in total. The number of rotatable bonds is 5. The van der Waals surface area contributed by atoms with Gasteiger partial charge in [0.25, 0.3) is 5.91 Å². The van der Waals surface area contributed by atoms with Crippen molar-refractivity contribution < 1.29 is 14.3 Å². The van der Waals surface area contributed by atoms with E-state index >= 15 is 0 Å². The van der Waals surface area contributed by atoms with Crippen LogP contribution in [0.25, 0.3) is 0 Å². The van der Waals surface area contributed by atoms with Crippen LogP contribution in [0.5, 0.6) is 0 Å². The van der Waals surface area contributed by atoms with Crippen molar-refractivity contribution in [3.8, 4) is 11.8 Å². The van der Waals surface area contributed by atoms with E-state index in [4.69, 9.17) is 5.11 Å². The van der Waals surface area contributed by atoms with E-state index in [1.165, 1.54) is 12.1 Å². The molecule has 0 aliphatic heterocycles. The summed E-state index contributed by atoms with van der Waals surface area (Å²) in [6.45, 7) is 6.70. The number of amides is 1. The molecule has 1 unspecified atom stereocenters. The minimum atomic E-state index is -0.583. The summed E-state index contributed by atoms with van der Waals surface area (Å²) < 4.78 is 13.9. The average molecular weight is 291 g/mol. The van der Waals surface area contributed by atoms with Gasteiger partial charge in [-0.25, -0.2) is 4.39 Å². The van der Waals surface area contributed by atoms with Crippen LogP contribution < -0.4 is 5.32 Å². The molecular formula is C17H22FNO2. The normalized spacial score (nSPS) is 11.7. The lowest BCUT2D eigenvalue weighted by molar-refractivity contribution is 0.0941. The smallest absolute Gasteiger partial charge is 0.254 e. The zero-order valence-corrected chi connectivity index (χ0v) is 12.7. The Balaban J connectivity index is 2.72. The van der Waals surface area contributed by atoms with Crippen LogP contribution in [0.4, 0.5) is 4.39 Å². The first kappa shape index (κ1) is 17.2. The summed E-state index contributed by atoms with van der Waals surface area (Å²) in [6, 6.07) is 4.28. The first-order valence-electron chi connectivity index (χ1n) is 7.13. The molecular weight excluding hydrogens is 269 g/mol. The van der Waals surface area contributed by atoms with Crippen molar-refractivity contribution in [3.05, 3.63) is 35.1 Å². The lowest BCUT2D eigenvalue weighted by Crippen LogP contribution is -2.30. The SMILES string of the molecule is CC(C)C(C)CNC(=O)c1ccc(C#CCCO)cc1F. The standard InChI is InChI=1S/C17H22FNO2/c1-12(2)13(3)11-19-17(21)15-8-7-14(10-16(15)18)6-4-5-9-20/h7-8,10,12-13,20H,5,9,11H2,1-3H3,(H,19,21). The van der Waals surface area contributed by atoms with Gasteiger partial charge in [0.05, 0.1) is 12.2 Å².